The molecule has 0 aliphatic heterocycles. The number of hydrogen-bond donors (Lipinski definition) is 2. The van der Waals surface area contributed by atoms with Crippen molar-refractivity contribution < 1.29 is 27.2 Å². The molecule has 11 heteroatoms. The molecule has 0 bridgehead atoms. The highest BCUT2D eigenvalue weighted by atomic mass is 35.5. The Morgan fingerprint density at radius 1 is 1.11 bits per heavy atom. The number of furan rings is 1. The summed E-state index contributed by atoms with van der Waals surface area (Å²) in [5, 5.41) is 2.43. The Balaban J connectivity index is 1.73. The van der Waals surface area contributed by atoms with Crippen LogP contribution < -0.4 is 10.0 Å². The lowest BCUT2D eigenvalue weighted by atomic mass is 10.4. The molecule has 2 N–H and O–H groups in total. The smallest absolute Gasteiger partial charge is 0.307 e. The van der Waals surface area contributed by atoms with Crippen molar-refractivity contribution in [2.24, 2.45) is 0 Å². The SMILES string of the molecule is O=C(COC(=O)CCNS(=O)(=O)c1c(Cl)cccc1Cl)NCc1ccco1. The van der Waals surface area contributed by atoms with Gasteiger partial charge in [-0.25, -0.2) is 13.1 Å². The summed E-state index contributed by atoms with van der Waals surface area (Å²) in [6.07, 6.45) is 1.20. The molecule has 0 fully saturated rings. The van der Waals surface area contributed by atoms with Gasteiger partial charge < -0.3 is 14.5 Å². The van der Waals surface area contributed by atoms with Gasteiger partial charge in [0.15, 0.2) is 6.61 Å². The van der Waals surface area contributed by atoms with Gasteiger partial charge in [0.1, 0.15) is 10.7 Å². The fraction of sp³-hybridized carbons (Fsp3) is 0.250. The summed E-state index contributed by atoms with van der Waals surface area (Å²) in [5.41, 5.74) is 0. The van der Waals surface area contributed by atoms with Gasteiger partial charge in [-0.05, 0) is 24.3 Å². The van der Waals surface area contributed by atoms with Crippen molar-refractivity contribution in [3.05, 3.63) is 52.4 Å². The summed E-state index contributed by atoms with van der Waals surface area (Å²) in [6.45, 7) is -0.554. The molecule has 0 atom stereocenters. The first-order valence-electron chi connectivity index (χ1n) is 7.68. The number of carbonyl (C=O) groups excluding carboxylic acids is 2. The number of ether oxygens (including phenoxy) is 1. The van der Waals surface area contributed by atoms with E-state index in [1.165, 1.54) is 24.5 Å². The van der Waals surface area contributed by atoms with E-state index in [2.05, 4.69) is 10.0 Å². The second-order valence-corrected chi connectivity index (χ2v) is 7.73. The molecule has 0 aliphatic carbocycles. The van der Waals surface area contributed by atoms with Crippen molar-refractivity contribution in [3.8, 4) is 0 Å². The number of sulfonamides is 1. The van der Waals surface area contributed by atoms with Crippen LogP contribution in [0.5, 0.6) is 0 Å². The van der Waals surface area contributed by atoms with Crippen molar-refractivity contribution in [1.82, 2.24) is 10.0 Å². The van der Waals surface area contributed by atoms with Crippen LogP contribution in [0.3, 0.4) is 0 Å². The first kappa shape index (κ1) is 21.2. The van der Waals surface area contributed by atoms with Gasteiger partial charge in [-0.1, -0.05) is 29.3 Å². The van der Waals surface area contributed by atoms with Crippen LogP contribution in [-0.2, 0) is 30.9 Å². The number of nitrogens with one attached hydrogen (secondary N) is 2. The summed E-state index contributed by atoms with van der Waals surface area (Å²) in [5.74, 6) is -0.693. The quantitative estimate of drug-likeness (QED) is 0.584. The number of hydrogen-bond acceptors (Lipinski definition) is 6. The molecule has 0 saturated heterocycles. The second kappa shape index (κ2) is 9.75. The third-order valence-corrected chi connectivity index (χ3v) is 5.63. The monoisotopic (exact) mass is 434 g/mol. The standard InChI is InChI=1S/C16H16Cl2N2O6S/c17-12-4-1-5-13(18)16(12)27(23,24)20-7-6-15(22)26-10-14(21)19-9-11-3-2-8-25-11/h1-5,8,20H,6-7,9-10H2,(H,19,21). The fourth-order valence-corrected chi connectivity index (χ4v) is 4.14. The summed E-state index contributed by atoms with van der Waals surface area (Å²) >= 11 is 11.7. The van der Waals surface area contributed by atoms with E-state index in [9.17, 15) is 18.0 Å². The third kappa shape index (κ3) is 6.55. The largest absolute Gasteiger partial charge is 0.467 e. The van der Waals surface area contributed by atoms with Crippen molar-refractivity contribution in [1.29, 1.82) is 0 Å². The van der Waals surface area contributed by atoms with Crippen molar-refractivity contribution >= 4 is 45.1 Å². The Kier molecular flexibility index (Phi) is 7.66. The molecule has 2 aromatic rings. The molecule has 0 radical (unpaired) electrons. The highest BCUT2D eigenvalue weighted by Crippen LogP contribution is 2.28. The summed E-state index contributed by atoms with van der Waals surface area (Å²) in [4.78, 5) is 22.9. The van der Waals surface area contributed by atoms with Gasteiger partial charge >= 0.3 is 5.97 Å². The minimum Gasteiger partial charge on any atom is -0.467 e. The van der Waals surface area contributed by atoms with Gasteiger partial charge in [-0.3, -0.25) is 9.59 Å². The topological polar surface area (TPSA) is 115 Å². The summed E-state index contributed by atoms with van der Waals surface area (Å²) < 4.78 is 36.5. The molecule has 1 aromatic carbocycles. The van der Waals surface area contributed by atoms with E-state index in [1.807, 2.05) is 0 Å². The van der Waals surface area contributed by atoms with Gasteiger partial charge in [-0.2, -0.15) is 0 Å². The van der Waals surface area contributed by atoms with Gasteiger partial charge in [0.2, 0.25) is 10.0 Å². The van der Waals surface area contributed by atoms with E-state index < -0.39 is 28.5 Å². The van der Waals surface area contributed by atoms with Crippen LogP contribution in [0.2, 0.25) is 10.0 Å². The van der Waals surface area contributed by atoms with E-state index in [1.54, 1.807) is 12.1 Å². The van der Waals surface area contributed by atoms with Crippen LogP contribution in [0.25, 0.3) is 0 Å². The lowest BCUT2D eigenvalue weighted by Gasteiger charge is -2.10. The van der Waals surface area contributed by atoms with Crippen LogP contribution in [0, 0.1) is 0 Å². The molecule has 0 saturated carbocycles. The Morgan fingerprint density at radius 3 is 2.44 bits per heavy atom. The van der Waals surface area contributed by atoms with Crippen LogP contribution in [-0.4, -0.2) is 33.4 Å². The lowest BCUT2D eigenvalue weighted by Crippen LogP contribution is -2.30. The molecule has 1 amide bonds. The van der Waals surface area contributed by atoms with Crippen molar-refractivity contribution in [2.45, 2.75) is 17.9 Å². The Hall–Kier alpha value is -2.07. The number of amides is 1. The number of rotatable bonds is 9. The summed E-state index contributed by atoms with van der Waals surface area (Å²) in [6, 6.07) is 7.65. The minimum absolute atomic E-state index is 0.0363. The van der Waals surface area contributed by atoms with E-state index >= 15 is 0 Å². The summed E-state index contributed by atoms with van der Waals surface area (Å²) in [7, 11) is -3.99. The van der Waals surface area contributed by atoms with Gasteiger partial charge in [0.05, 0.1) is 29.3 Å². The molecule has 27 heavy (non-hydrogen) atoms. The maximum Gasteiger partial charge on any atom is 0.307 e. The molecule has 1 aromatic heterocycles. The maximum atomic E-state index is 12.2. The molecule has 146 valence electrons. The van der Waals surface area contributed by atoms with E-state index in [4.69, 9.17) is 32.4 Å². The van der Waals surface area contributed by atoms with E-state index in [0.717, 1.165) is 0 Å². The minimum atomic E-state index is -3.99. The van der Waals surface area contributed by atoms with Gasteiger partial charge in [0.25, 0.3) is 5.91 Å². The Bertz CT molecular complexity index is 879. The average molecular weight is 435 g/mol. The number of esters is 1. The number of halogens is 2. The van der Waals surface area contributed by atoms with Crippen molar-refractivity contribution in [2.75, 3.05) is 13.2 Å². The molecule has 0 spiro atoms. The molecular formula is C16H16Cl2N2O6S. The van der Waals surface area contributed by atoms with Crippen LogP contribution in [0.1, 0.15) is 12.2 Å². The zero-order chi connectivity index (χ0) is 19.9. The van der Waals surface area contributed by atoms with Gasteiger partial charge in [-0.15, -0.1) is 0 Å². The average Bonchev–Trinajstić information content (AvgIpc) is 3.11. The van der Waals surface area contributed by atoms with Gasteiger partial charge in [0, 0.05) is 6.54 Å². The Morgan fingerprint density at radius 2 is 1.81 bits per heavy atom. The lowest BCUT2D eigenvalue weighted by molar-refractivity contribution is -0.148. The fourth-order valence-electron chi connectivity index (χ4n) is 1.97. The highest BCUT2D eigenvalue weighted by molar-refractivity contribution is 7.89. The molecule has 8 nitrogen and oxygen atoms in total. The molecule has 0 unspecified atom stereocenters. The third-order valence-electron chi connectivity index (χ3n) is 3.21. The molecule has 1 heterocycles. The highest BCUT2D eigenvalue weighted by Gasteiger charge is 2.21. The molecule has 2 rings (SSSR count). The molecule has 0 aliphatic rings. The zero-order valence-corrected chi connectivity index (χ0v) is 16.2. The number of carbonyl (C=O) groups is 2. The molecular weight excluding hydrogens is 419 g/mol. The normalized spacial score (nSPS) is 11.2. The van der Waals surface area contributed by atoms with Crippen LogP contribution in [0.4, 0.5) is 0 Å². The van der Waals surface area contributed by atoms with Crippen LogP contribution >= 0.6 is 23.2 Å². The Labute approximate surface area is 165 Å². The first-order valence-corrected chi connectivity index (χ1v) is 9.92. The predicted octanol–water partition coefficient (Wildman–Crippen LogP) is 2.11. The van der Waals surface area contributed by atoms with Crippen molar-refractivity contribution in [3.63, 3.8) is 0 Å². The van der Waals surface area contributed by atoms with E-state index in [0.29, 0.717) is 5.76 Å². The van der Waals surface area contributed by atoms with Crippen LogP contribution in [0.15, 0.2) is 45.9 Å². The number of benzene rings is 1. The maximum absolute atomic E-state index is 12.2. The second-order valence-electron chi connectivity index (χ2n) is 5.22. The van der Waals surface area contributed by atoms with E-state index in [-0.39, 0.29) is 34.5 Å². The zero-order valence-electron chi connectivity index (χ0n) is 13.9. The first-order chi connectivity index (χ1) is 12.8. The predicted molar refractivity (Wildman–Crippen MR) is 97.8 cm³/mol.